The molecule has 0 fully saturated rings. The molecule has 0 aliphatic rings. The summed E-state index contributed by atoms with van der Waals surface area (Å²) >= 11 is 0. The first-order valence-electron chi connectivity index (χ1n) is 19.8. The van der Waals surface area contributed by atoms with Gasteiger partial charge in [-0.15, -0.1) is 0 Å². The average molecular weight is 916 g/mol. The number of carboxylic acid groups (broad SMARTS) is 2. The molecule has 6 aromatic carbocycles. The third kappa shape index (κ3) is 16.9. The number of hydrogen-bond acceptors (Lipinski definition) is 2. The van der Waals surface area contributed by atoms with E-state index in [1.807, 2.05) is 55.4 Å². The number of rotatable bonds is 10. The van der Waals surface area contributed by atoms with E-state index in [2.05, 4.69) is 182 Å². The monoisotopic (exact) mass is 916 g/mol. The van der Waals surface area contributed by atoms with Crippen LogP contribution in [0.3, 0.4) is 0 Å². The summed E-state index contributed by atoms with van der Waals surface area (Å²) in [6, 6.07) is 64.9. The zero-order valence-electron chi connectivity index (χ0n) is 35.5. The van der Waals surface area contributed by atoms with Gasteiger partial charge in [-0.2, -0.15) is 0 Å². The van der Waals surface area contributed by atoms with Crippen molar-refractivity contribution in [3.63, 3.8) is 0 Å². The van der Waals surface area contributed by atoms with E-state index in [1.54, 1.807) is 0 Å². The molecule has 0 aromatic heterocycles. The first kappa shape index (κ1) is 50.5. The van der Waals surface area contributed by atoms with Gasteiger partial charge in [0.1, 0.15) is 0 Å². The van der Waals surface area contributed by atoms with Crippen molar-refractivity contribution in [3.8, 4) is 0 Å². The summed E-state index contributed by atoms with van der Waals surface area (Å²) in [5.41, 5.74) is 0. The maximum Gasteiger partial charge on any atom is 0.407 e. The molecule has 0 aliphatic carbocycles. The van der Waals surface area contributed by atoms with E-state index in [0.29, 0.717) is 0 Å². The van der Waals surface area contributed by atoms with Crippen LogP contribution in [0.15, 0.2) is 182 Å². The van der Waals surface area contributed by atoms with Gasteiger partial charge in [0.25, 0.3) is 0 Å². The molecule has 0 aliphatic heterocycles. The van der Waals surface area contributed by atoms with Gasteiger partial charge in [-0.25, -0.2) is 9.59 Å². The second-order valence-electron chi connectivity index (χ2n) is 14.4. The molecule has 2 amide bonds. The van der Waals surface area contributed by atoms with Crippen molar-refractivity contribution < 1.29 is 39.3 Å². The fourth-order valence-electron chi connectivity index (χ4n) is 6.43. The third-order valence-electron chi connectivity index (χ3n) is 8.75. The van der Waals surface area contributed by atoms with Crippen molar-refractivity contribution in [3.05, 3.63) is 182 Å². The molecule has 6 aromatic rings. The Morgan fingerprint density at radius 1 is 0.339 bits per heavy atom. The summed E-state index contributed by atoms with van der Waals surface area (Å²) in [4.78, 5) is 23.8. The normalized spacial score (nSPS) is 10.4. The standard InChI is InChI=1S/2C18H15P.2C7H15NO2.Ru/c2*1-4-10-16(11-5-1)19(17-12-6-2-7-13-17)18-14-8-3-9-15-18;2*1-5(2)8(6(3)4)7(9)10;/h2*1-15H;2*5-6H,1-4H3,(H,9,10);. The maximum absolute atomic E-state index is 10.5. The summed E-state index contributed by atoms with van der Waals surface area (Å²) in [6.07, 6.45) is -1.69. The van der Waals surface area contributed by atoms with E-state index in [4.69, 9.17) is 10.2 Å². The molecule has 0 saturated heterocycles. The molecule has 6 rings (SSSR count). The number of hydrogen-bond donors (Lipinski definition) is 2. The van der Waals surface area contributed by atoms with Gasteiger partial charge in [0.2, 0.25) is 0 Å². The van der Waals surface area contributed by atoms with Gasteiger partial charge in [-0.3, -0.25) is 0 Å². The Bertz CT molecular complexity index is 1660. The van der Waals surface area contributed by atoms with Crippen LogP contribution in [-0.2, 0) is 19.5 Å². The number of carbonyl (C=O) groups is 2. The molecule has 312 valence electrons. The Labute approximate surface area is 368 Å². The van der Waals surface area contributed by atoms with Gasteiger partial charge < -0.3 is 20.0 Å². The quantitative estimate of drug-likeness (QED) is 0.106. The summed E-state index contributed by atoms with van der Waals surface area (Å²) in [5.74, 6) is 0. The van der Waals surface area contributed by atoms with E-state index in [0.717, 1.165) is 0 Å². The molecular weight excluding hydrogens is 856 g/mol. The van der Waals surface area contributed by atoms with Gasteiger partial charge in [-0.05, 0) is 103 Å². The molecule has 0 saturated carbocycles. The molecule has 0 bridgehead atoms. The van der Waals surface area contributed by atoms with Crippen LogP contribution < -0.4 is 31.8 Å². The first-order valence-corrected chi connectivity index (χ1v) is 22.4. The molecule has 6 nitrogen and oxygen atoms in total. The van der Waals surface area contributed by atoms with Crippen LogP contribution in [0.2, 0.25) is 0 Å². The molecule has 0 heterocycles. The second kappa shape index (κ2) is 27.2. The van der Waals surface area contributed by atoms with Crippen LogP contribution in [-0.4, -0.2) is 56.4 Å². The Morgan fingerprint density at radius 2 is 0.475 bits per heavy atom. The number of nitrogens with zero attached hydrogens (tertiary/aromatic N) is 2. The Hall–Kier alpha value is -4.66. The molecule has 9 heteroatoms. The molecule has 0 atom stereocenters. The van der Waals surface area contributed by atoms with Gasteiger partial charge in [0, 0.05) is 43.6 Å². The predicted molar refractivity (Wildman–Crippen MR) is 251 cm³/mol. The first-order chi connectivity index (χ1) is 27.8. The molecular formula is C50H60N2O4P2Ru. The fraction of sp³-hybridized carbons (Fsp3) is 0.240. The molecule has 59 heavy (non-hydrogen) atoms. The van der Waals surface area contributed by atoms with Crippen molar-refractivity contribution in [1.29, 1.82) is 0 Å². The van der Waals surface area contributed by atoms with Crippen molar-refractivity contribution in [2.45, 2.75) is 79.6 Å². The second-order valence-corrected chi connectivity index (χ2v) is 18.9. The molecule has 0 unspecified atom stereocenters. The van der Waals surface area contributed by atoms with E-state index >= 15 is 0 Å². The van der Waals surface area contributed by atoms with Crippen LogP contribution in [0.5, 0.6) is 0 Å². The maximum atomic E-state index is 10.5. The zero-order chi connectivity index (χ0) is 42.5. The topological polar surface area (TPSA) is 81.1 Å². The SMILES string of the molecule is CC(C)N(C(=O)O)C(C)C.CC(C)N(C(=O)O)C(C)C.[Ru].c1ccc(P(c2ccccc2)c2ccccc2)cc1.c1ccc(P(c2ccccc2)c2ccccc2)cc1. The van der Waals surface area contributed by atoms with Crippen LogP contribution in [0.4, 0.5) is 9.59 Å². The van der Waals surface area contributed by atoms with Crippen LogP contribution >= 0.6 is 15.8 Å². The third-order valence-corrected chi connectivity index (χ3v) is 13.6. The summed E-state index contributed by atoms with van der Waals surface area (Å²) in [5, 5.41) is 25.7. The van der Waals surface area contributed by atoms with Crippen molar-refractivity contribution in [2.75, 3.05) is 0 Å². The van der Waals surface area contributed by atoms with Crippen molar-refractivity contribution >= 4 is 59.9 Å². The zero-order valence-corrected chi connectivity index (χ0v) is 39.0. The van der Waals surface area contributed by atoms with Gasteiger partial charge in [-0.1, -0.05) is 182 Å². The van der Waals surface area contributed by atoms with Crippen LogP contribution in [0, 0.1) is 0 Å². The van der Waals surface area contributed by atoms with Gasteiger partial charge in [0.15, 0.2) is 0 Å². The van der Waals surface area contributed by atoms with E-state index in [9.17, 15) is 9.59 Å². The Morgan fingerprint density at radius 3 is 0.559 bits per heavy atom. The summed E-state index contributed by atoms with van der Waals surface area (Å²) in [6.45, 7) is 15.0. The summed E-state index contributed by atoms with van der Waals surface area (Å²) < 4.78 is 0. The summed E-state index contributed by atoms with van der Waals surface area (Å²) in [7, 11) is -0.892. The minimum atomic E-state index is -0.843. The molecule has 0 spiro atoms. The largest absolute Gasteiger partial charge is 0.465 e. The minimum Gasteiger partial charge on any atom is -0.465 e. The minimum absolute atomic E-state index is 0. The Kier molecular flexibility index (Phi) is 23.2. The van der Waals surface area contributed by atoms with Gasteiger partial charge >= 0.3 is 12.2 Å². The van der Waals surface area contributed by atoms with E-state index in [-0.39, 0.29) is 43.6 Å². The number of amides is 2. The Balaban J connectivity index is 0.000000283. The van der Waals surface area contributed by atoms with E-state index in [1.165, 1.54) is 41.6 Å². The van der Waals surface area contributed by atoms with Crippen molar-refractivity contribution in [1.82, 2.24) is 9.80 Å². The predicted octanol–water partition coefficient (Wildman–Crippen LogP) is 10.5. The molecule has 2 N–H and O–H groups in total. The van der Waals surface area contributed by atoms with Crippen LogP contribution in [0.25, 0.3) is 0 Å². The van der Waals surface area contributed by atoms with Gasteiger partial charge in [0.05, 0.1) is 0 Å². The smallest absolute Gasteiger partial charge is 0.407 e. The average Bonchev–Trinajstić information content (AvgIpc) is 3.20. The van der Waals surface area contributed by atoms with Crippen LogP contribution in [0.1, 0.15) is 55.4 Å². The fourth-order valence-corrected chi connectivity index (χ4v) is 11.0. The van der Waals surface area contributed by atoms with Crippen molar-refractivity contribution in [2.24, 2.45) is 0 Å². The molecule has 0 radical (unpaired) electrons. The number of benzene rings is 6. The van der Waals surface area contributed by atoms with E-state index < -0.39 is 28.0 Å².